The summed E-state index contributed by atoms with van der Waals surface area (Å²) in [5, 5.41) is 4.18. The minimum Gasteiger partial charge on any atom is -0.449 e. The molecule has 0 spiro atoms. The molecule has 0 saturated heterocycles. The van der Waals surface area contributed by atoms with Gasteiger partial charge in [-0.25, -0.2) is 4.79 Å². The van der Waals surface area contributed by atoms with Gasteiger partial charge in [-0.05, 0) is 44.0 Å². The summed E-state index contributed by atoms with van der Waals surface area (Å²) in [7, 11) is 0. The Bertz CT molecular complexity index is 733. The van der Waals surface area contributed by atoms with E-state index in [1.807, 2.05) is 0 Å². The van der Waals surface area contributed by atoms with E-state index >= 15 is 0 Å². The van der Waals surface area contributed by atoms with Crippen molar-refractivity contribution < 1.29 is 18.7 Å². The Hall–Kier alpha value is -2.01. The Kier molecular flexibility index (Phi) is 4.57. The van der Waals surface area contributed by atoms with Gasteiger partial charge < -0.3 is 14.5 Å². The summed E-state index contributed by atoms with van der Waals surface area (Å²) >= 11 is 5.90. The molecule has 1 aromatic carbocycles. The molecule has 1 aliphatic rings. The molecule has 0 bridgehead atoms. The monoisotopic (exact) mass is 335 g/mol. The van der Waals surface area contributed by atoms with Crippen LogP contribution in [0, 0.1) is 0 Å². The van der Waals surface area contributed by atoms with Gasteiger partial charge in [0, 0.05) is 16.5 Å². The lowest BCUT2D eigenvalue weighted by molar-refractivity contribution is -0.129. The van der Waals surface area contributed by atoms with Crippen LogP contribution in [0.15, 0.2) is 28.7 Å². The fourth-order valence-electron chi connectivity index (χ4n) is 2.78. The first-order valence-electron chi connectivity index (χ1n) is 7.73. The van der Waals surface area contributed by atoms with Gasteiger partial charge in [0.15, 0.2) is 6.10 Å². The number of fused-ring (bicyclic) bond motifs is 1. The lowest BCUT2D eigenvalue weighted by atomic mass is 10.2. The number of furan rings is 1. The molecule has 1 amide bonds. The molecule has 6 heteroatoms. The van der Waals surface area contributed by atoms with Gasteiger partial charge in [-0.2, -0.15) is 0 Å². The Morgan fingerprint density at radius 3 is 2.78 bits per heavy atom. The number of carbonyl (C=O) groups excluding carboxylic acids is 2. The maximum Gasteiger partial charge on any atom is 0.375 e. The molecular formula is C17H18ClNO4. The molecule has 1 N–H and O–H groups in total. The quantitative estimate of drug-likeness (QED) is 0.865. The van der Waals surface area contributed by atoms with Crippen LogP contribution in [0.4, 0.5) is 0 Å². The van der Waals surface area contributed by atoms with Crippen LogP contribution in [0.2, 0.25) is 5.02 Å². The van der Waals surface area contributed by atoms with E-state index < -0.39 is 12.1 Å². The van der Waals surface area contributed by atoms with Crippen molar-refractivity contribution in [2.24, 2.45) is 0 Å². The average molecular weight is 336 g/mol. The molecule has 0 unspecified atom stereocenters. The van der Waals surface area contributed by atoms with E-state index in [4.69, 9.17) is 20.8 Å². The minimum atomic E-state index is -0.861. The van der Waals surface area contributed by atoms with E-state index in [1.165, 1.54) is 0 Å². The lowest BCUT2D eigenvalue weighted by Gasteiger charge is -2.16. The van der Waals surface area contributed by atoms with E-state index in [9.17, 15) is 9.59 Å². The molecule has 23 heavy (non-hydrogen) atoms. The van der Waals surface area contributed by atoms with Gasteiger partial charge in [0.2, 0.25) is 5.76 Å². The van der Waals surface area contributed by atoms with Crippen LogP contribution in [0.5, 0.6) is 0 Å². The van der Waals surface area contributed by atoms with Gasteiger partial charge in [0.1, 0.15) is 5.58 Å². The summed E-state index contributed by atoms with van der Waals surface area (Å²) in [5.74, 6) is -0.876. The molecular weight excluding hydrogens is 318 g/mol. The van der Waals surface area contributed by atoms with Crippen LogP contribution in [0.25, 0.3) is 11.0 Å². The van der Waals surface area contributed by atoms with Gasteiger partial charge in [-0.1, -0.05) is 24.4 Å². The highest BCUT2D eigenvalue weighted by Gasteiger charge is 2.24. The molecule has 1 aromatic heterocycles. The van der Waals surface area contributed by atoms with Crippen molar-refractivity contribution in [3.05, 3.63) is 35.0 Å². The largest absolute Gasteiger partial charge is 0.449 e. The van der Waals surface area contributed by atoms with Crippen LogP contribution >= 0.6 is 11.6 Å². The van der Waals surface area contributed by atoms with Gasteiger partial charge >= 0.3 is 5.97 Å². The van der Waals surface area contributed by atoms with E-state index in [1.54, 1.807) is 31.2 Å². The molecule has 5 nitrogen and oxygen atoms in total. The predicted octanol–water partition coefficient (Wildman–Crippen LogP) is 3.69. The molecule has 1 atom stereocenters. The normalized spacial score (nSPS) is 16.4. The first-order valence-corrected chi connectivity index (χ1v) is 8.11. The number of esters is 1. The van der Waals surface area contributed by atoms with Gasteiger partial charge in [-0.15, -0.1) is 0 Å². The molecule has 1 saturated carbocycles. The number of hydrogen-bond acceptors (Lipinski definition) is 4. The summed E-state index contributed by atoms with van der Waals surface area (Å²) in [6.45, 7) is 1.56. The topological polar surface area (TPSA) is 68.5 Å². The van der Waals surface area contributed by atoms with Crippen molar-refractivity contribution in [2.45, 2.75) is 44.8 Å². The first kappa shape index (κ1) is 15.9. The summed E-state index contributed by atoms with van der Waals surface area (Å²) in [5.41, 5.74) is 0.546. The number of rotatable bonds is 4. The van der Waals surface area contributed by atoms with Crippen molar-refractivity contribution in [1.29, 1.82) is 0 Å². The molecule has 1 aliphatic carbocycles. The number of hydrogen-bond donors (Lipinski definition) is 1. The zero-order valence-electron chi connectivity index (χ0n) is 12.8. The third kappa shape index (κ3) is 3.67. The standard InChI is InChI=1S/C17H18ClNO4/c1-10(16(20)19-13-4-2-3-5-13)22-17(21)15-9-11-8-12(18)6-7-14(11)23-15/h6-10,13H,2-5H2,1H3,(H,19,20)/t10-/m0/s1. The first-order chi connectivity index (χ1) is 11.0. The van der Waals surface area contributed by atoms with Crippen LogP contribution in [0.1, 0.15) is 43.2 Å². The Balaban J connectivity index is 1.63. The number of benzene rings is 1. The summed E-state index contributed by atoms with van der Waals surface area (Å²) in [6.07, 6.45) is 3.36. The smallest absolute Gasteiger partial charge is 0.375 e. The molecule has 0 aliphatic heterocycles. The zero-order valence-corrected chi connectivity index (χ0v) is 13.6. The second-order valence-electron chi connectivity index (χ2n) is 5.83. The van der Waals surface area contributed by atoms with E-state index in [2.05, 4.69) is 5.32 Å². The van der Waals surface area contributed by atoms with Crippen LogP contribution < -0.4 is 5.32 Å². The number of carbonyl (C=O) groups is 2. The minimum absolute atomic E-state index is 0.0581. The summed E-state index contributed by atoms with van der Waals surface area (Å²) in [6, 6.07) is 6.82. The molecule has 3 rings (SSSR count). The van der Waals surface area contributed by atoms with Gasteiger partial charge in [-0.3, -0.25) is 4.79 Å². The Morgan fingerprint density at radius 2 is 2.04 bits per heavy atom. The second kappa shape index (κ2) is 6.62. The molecule has 1 fully saturated rings. The van der Waals surface area contributed by atoms with Crippen molar-refractivity contribution >= 4 is 34.4 Å². The third-order valence-electron chi connectivity index (χ3n) is 4.03. The zero-order chi connectivity index (χ0) is 16.4. The summed E-state index contributed by atoms with van der Waals surface area (Å²) < 4.78 is 10.6. The highest BCUT2D eigenvalue weighted by Crippen LogP contribution is 2.24. The fourth-order valence-corrected chi connectivity index (χ4v) is 2.96. The summed E-state index contributed by atoms with van der Waals surface area (Å²) in [4.78, 5) is 24.2. The third-order valence-corrected chi connectivity index (χ3v) is 4.27. The van der Waals surface area contributed by atoms with Crippen molar-refractivity contribution in [2.75, 3.05) is 0 Å². The molecule has 0 radical (unpaired) electrons. The highest BCUT2D eigenvalue weighted by atomic mass is 35.5. The number of ether oxygens (including phenoxy) is 1. The average Bonchev–Trinajstić information content (AvgIpc) is 3.15. The van der Waals surface area contributed by atoms with Crippen molar-refractivity contribution in [1.82, 2.24) is 5.32 Å². The Labute approximate surface area is 138 Å². The van der Waals surface area contributed by atoms with Gasteiger partial charge in [0.05, 0.1) is 0 Å². The SMILES string of the molecule is C[C@H](OC(=O)c1cc2cc(Cl)ccc2o1)C(=O)NC1CCCC1. The fraction of sp³-hybridized carbons (Fsp3) is 0.412. The maximum absolute atomic E-state index is 12.1. The lowest BCUT2D eigenvalue weighted by Crippen LogP contribution is -2.40. The maximum atomic E-state index is 12.1. The number of halogens is 1. The molecule has 2 aromatic rings. The number of nitrogens with one attached hydrogen (secondary N) is 1. The van der Waals surface area contributed by atoms with Crippen molar-refractivity contribution in [3.63, 3.8) is 0 Å². The molecule has 122 valence electrons. The predicted molar refractivity (Wildman–Crippen MR) is 86.5 cm³/mol. The van der Waals surface area contributed by atoms with Crippen LogP contribution in [-0.4, -0.2) is 24.0 Å². The van der Waals surface area contributed by atoms with Crippen LogP contribution in [0.3, 0.4) is 0 Å². The Morgan fingerprint density at radius 1 is 1.30 bits per heavy atom. The van der Waals surface area contributed by atoms with E-state index in [0.717, 1.165) is 25.7 Å². The van der Waals surface area contributed by atoms with Gasteiger partial charge in [0.25, 0.3) is 5.91 Å². The van der Waals surface area contributed by atoms with E-state index in [0.29, 0.717) is 16.0 Å². The van der Waals surface area contributed by atoms with E-state index in [-0.39, 0.29) is 17.7 Å². The van der Waals surface area contributed by atoms with Crippen molar-refractivity contribution in [3.8, 4) is 0 Å². The number of amides is 1. The molecule has 1 heterocycles. The van der Waals surface area contributed by atoms with Crippen LogP contribution in [-0.2, 0) is 9.53 Å². The highest BCUT2D eigenvalue weighted by molar-refractivity contribution is 6.31. The second-order valence-corrected chi connectivity index (χ2v) is 6.27.